The summed E-state index contributed by atoms with van der Waals surface area (Å²) in [7, 11) is 0. The van der Waals surface area contributed by atoms with Gasteiger partial charge in [-0.1, -0.05) is 28.8 Å². The van der Waals surface area contributed by atoms with Gasteiger partial charge in [-0.15, -0.1) is 0 Å². The van der Waals surface area contributed by atoms with E-state index in [1.807, 2.05) is 0 Å². The number of nitrogens with one attached hydrogen (secondary N) is 1. The standard InChI is InChI=1S/C14H16BrF2NO/c15-8-14(3-1-2-4-14)9-18-13(19)10-5-11(16)7-12(17)6-10/h5-7H,1-4,8-9H2,(H,18,19). The van der Waals surface area contributed by atoms with Crippen LogP contribution in [0.1, 0.15) is 36.0 Å². The van der Waals surface area contributed by atoms with Crippen molar-refractivity contribution >= 4 is 21.8 Å². The van der Waals surface area contributed by atoms with Crippen LogP contribution in [0.25, 0.3) is 0 Å². The summed E-state index contributed by atoms with van der Waals surface area (Å²) in [6.07, 6.45) is 4.46. The van der Waals surface area contributed by atoms with Gasteiger partial charge in [0, 0.05) is 23.5 Å². The fraction of sp³-hybridized carbons (Fsp3) is 0.500. The Morgan fingerprint density at radius 3 is 2.32 bits per heavy atom. The first-order valence-corrected chi connectivity index (χ1v) is 7.47. The van der Waals surface area contributed by atoms with Crippen LogP contribution in [-0.4, -0.2) is 17.8 Å². The molecule has 19 heavy (non-hydrogen) atoms. The number of hydrogen-bond donors (Lipinski definition) is 1. The zero-order chi connectivity index (χ0) is 13.9. The Morgan fingerprint density at radius 2 is 1.79 bits per heavy atom. The molecule has 1 aliphatic carbocycles. The van der Waals surface area contributed by atoms with Crippen LogP contribution in [0.4, 0.5) is 8.78 Å². The van der Waals surface area contributed by atoms with Crippen molar-refractivity contribution in [1.82, 2.24) is 5.32 Å². The molecule has 0 unspecified atom stereocenters. The van der Waals surface area contributed by atoms with Crippen molar-refractivity contribution in [2.45, 2.75) is 25.7 Å². The fourth-order valence-corrected chi connectivity index (χ4v) is 3.30. The molecule has 0 bridgehead atoms. The summed E-state index contributed by atoms with van der Waals surface area (Å²) in [5.74, 6) is -1.90. The molecule has 0 spiro atoms. The van der Waals surface area contributed by atoms with Crippen molar-refractivity contribution in [1.29, 1.82) is 0 Å². The second kappa shape index (κ2) is 5.99. The Kier molecular flexibility index (Phi) is 4.55. The number of hydrogen-bond acceptors (Lipinski definition) is 1. The highest BCUT2D eigenvalue weighted by atomic mass is 79.9. The summed E-state index contributed by atoms with van der Waals surface area (Å²) in [4.78, 5) is 11.9. The predicted octanol–water partition coefficient (Wildman–Crippen LogP) is 3.65. The maximum absolute atomic E-state index is 13.0. The minimum Gasteiger partial charge on any atom is -0.351 e. The fourth-order valence-electron chi connectivity index (χ4n) is 2.54. The van der Waals surface area contributed by atoms with E-state index in [0.29, 0.717) is 6.54 Å². The maximum atomic E-state index is 13.0. The van der Waals surface area contributed by atoms with Crippen molar-refractivity contribution in [2.75, 3.05) is 11.9 Å². The molecule has 1 aliphatic rings. The van der Waals surface area contributed by atoms with E-state index in [9.17, 15) is 13.6 Å². The van der Waals surface area contributed by atoms with Crippen molar-refractivity contribution in [3.8, 4) is 0 Å². The number of carbonyl (C=O) groups is 1. The quantitative estimate of drug-likeness (QED) is 0.838. The first-order chi connectivity index (χ1) is 9.04. The van der Waals surface area contributed by atoms with Gasteiger partial charge in [0.1, 0.15) is 11.6 Å². The summed E-state index contributed by atoms with van der Waals surface area (Å²) in [5, 5.41) is 3.62. The van der Waals surface area contributed by atoms with E-state index in [1.54, 1.807) is 0 Å². The van der Waals surface area contributed by atoms with E-state index in [0.717, 1.165) is 49.2 Å². The average Bonchev–Trinajstić information content (AvgIpc) is 2.84. The number of alkyl halides is 1. The van der Waals surface area contributed by atoms with Crippen LogP contribution in [0, 0.1) is 17.0 Å². The van der Waals surface area contributed by atoms with Crippen LogP contribution in [-0.2, 0) is 0 Å². The second-order valence-electron chi connectivity index (χ2n) is 5.18. The molecular weight excluding hydrogens is 316 g/mol. The van der Waals surface area contributed by atoms with Gasteiger partial charge in [-0.3, -0.25) is 4.79 Å². The molecule has 1 fully saturated rings. The van der Waals surface area contributed by atoms with Crippen molar-refractivity contribution in [2.24, 2.45) is 5.41 Å². The van der Waals surface area contributed by atoms with Crippen molar-refractivity contribution < 1.29 is 13.6 Å². The molecule has 104 valence electrons. The lowest BCUT2D eigenvalue weighted by atomic mass is 9.89. The largest absolute Gasteiger partial charge is 0.351 e. The Morgan fingerprint density at radius 1 is 1.21 bits per heavy atom. The SMILES string of the molecule is O=C(NCC1(CBr)CCCC1)c1cc(F)cc(F)c1. The van der Waals surface area contributed by atoms with Gasteiger partial charge in [0.05, 0.1) is 0 Å². The summed E-state index contributed by atoms with van der Waals surface area (Å²) < 4.78 is 26.1. The number of halogens is 3. The van der Waals surface area contributed by atoms with E-state index in [1.165, 1.54) is 0 Å². The second-order valence-corrected chi connectivity index (χ2v) is 5.74. The molecule has 5 heteroatoms. The van der Waals surface area contributed by atoms with E-state index in [4.69, 9.17) is 0 Å². The molecule has 0 heterocycles. The van der Waals surface area contributed by atoms with Gasteiger partial charge in [0.15, 0.2) is 0 Å². The van der Waals surface area contributed by atoms with E-state index >= 15 is 0 Å². The molecular formula is C14H16BrF2NO. The lowest BCUT2D eigenvalue weighted by Gasteiger charge is -2.26. The highest BCUT2D eigenvalue weighted by Crippen LogP contribution is 2.38. The third kappa shape index (κ3) is 3.53. The Balaban J connectivity index is 2.01. The smallest absolute Gasteiger partial charge is 0.251 e. The topological polar surface area (TPSA) is 29.1 Å². The minimum absolute atomic E-state index is 0.0280. The van der Waals surface area contributed by atoms with E-state index < -0.39 is 17.5 Å². The van der Waals surface area contributed by atoms with Crippen LogP contribution in [0.2, 0.25) is 0 Å². The number of amides is 1. The third-order valence-electron chi connectivity index (χ3n) is 3.70. The Hall–Kier alpha value is -0.970. The first kappa shape index (κ1) is 14.4. The van der Waals surface area contributed by atoms with Crippen LogP contribution < -0.4 is 5.32 Å². The summed E-state index contributed by atoms with van der Waals surface area (Å²) in [6.45, 7) is 0.537. The molecule has 2 rings (SSSR count). The lowest BCUT2D eigenvalue weighted by Crippen LogP contribution is -2.37. The molecule has 2 nitrogen and oxygen atoms in total. The van der Waals surface area contributed by atoms with Gasteiger partial charge in [0.25, 0.3) is 5.91 Å². The molecule has 0 aromatic heterocycles. The minimum atomic E-state index is -0.735. The number of rotatable bonds is 4. The van der Waals surface area contributed by atoms with Gasteiger partial charge in [-0.05, 0) is 30.4 Å². The molecule has 0 aliphatic heterocycles. The lowest BCUT2D eigenvalue weighted by molar-refractivity contribution is 0.0934. The van der Waals surface area contributed by atoms with E-state index in [-0.39, 0.29) is 11.0 Å². The van der Waals surface area contributed by atoms with Crippen LogP contribution in [0.3, 0.4) is 0 Å². The zero-order valence-electron chi connectivity index (χ0n) is 10.5. The molecule has 1 aromatic carbocycles. The molecule has 1 N–H and O–H groups in total. The van der Waals surface area contributed by atoms with Gasteiger partial charge < -0.3 is 5.32 Å². The number of benzene rings is 1. The zero-order valence-corrected chi connectivity index (χ0v) is 12.1. The molecule has 0 saturated heterocycles. The van der Waals surface area contributed by atoms with Gasteiger partial charge in [0.2, 0.25) is 0 Å². The highest BCUT2D eigenvalue weighted by molar-refractivity contribution is 9.09. The average molecular weight is 332 g/mol. The van der Waals surface area contributed by atoms with Crippen LogP contribution in [0.15, 0.2) is 18.2 Å². The van der Waals surface area contributed by atoms with Gasteiger partial charge in [-0.2, -0.15) is 0 Å². The van der Waals surface area contributed by atoms with Gasteiger partial charge in [-0.25, -0.2) is 8.78 Å². The Bertz CT molecular complexity index is 452. The van der Waals surface area contributed by atoms with Crippen molar-refractivity contribution in [3.05, 3.63) is 35.4 Å². The predicted molar refractivity (Wildman–Crippen MR) is 73.4 cm³/mol. The van der Waals surface area contributed by atoms with Crippen LogP contribution in [0.5, 0.6) is 0 Å². The summed E-state index contributed by atoms with van der Waals surface area (Å²) in [5.41, 5.74) is 0.113. The van der Waals surface area contributed by atoms with Crippen LogP contribution >= 0.6 is 15.9 Å². The number of carbonyl (C=O) groups excluding carboxylic acids is 1. The van der Waals surface area contributed by atoms with Gasteiger partial charge >= 0.3 is 0 Å². The first-order valence-electron chi connectivity index (χ1n) is 6.35. The highest BCUT2D eigenvalue weighted by Gasteiger charge is 2.33. The summed E-state index contributed by atoms with van der Waals surface area (Å²) in [6, 6.07) is 2.86. The normalized spacial score (nSPS) is 17.4. The molecule has 1 saturated carbocycles. The molecule has 0 radical (unpaired) electrons. The van der Waals surface area contributed by atoms with Crippen molar-refractivity contribution in [3.63, 3.8) is 0 Å². The Labute approximate surface area is 119 Å². The third-order valence-corrected chi connectivity index (χ3v) is 4.89. The maximum Gasteiger partial charge on any atom is 0.251 e. The van der Waals surface area contributed by atoms with E-state index in [2.05, 4.69) is 21.2 Å². The summed E-state index contributed by atoms with van der Waals surface area (Å²) >= 11 is 3.49. The molecule has 1 aromatic rings. The molecule has 0 atom stereocenters. The molecule has 1 amide bonds. The monoisotopic (exact) mass is 331 g/mol.